The van der Waals surface area contributed by atoms with E-state index in [-0.39, 0.29) is 40.3 Å². The topological polar surface area (TPSA) is 101 Å². The Morgan fingerprint density at radius 3 is 2.64 bits per heavy atom. The van der Waals surface area contributed by atoms with Gasteiger partial charge in [0.15, 0.2) is 0 Å². The van der Waals surface area contributed by atoms with E-state index in [2.05, 4.69) is 15.6 Å². The van der Waals surface area contributed by atoms with Crippen molar-refractivity contribution in [2.24, 2.45) is 0 Å². The average Bonchev–Trinajstić information content (AvgIpc) is 3.28. The average molecular weight is 493 g/mol. The number of hydrogen-bond donors (Lipinski definition) is 2. The van der Waals surface area contributed by atoms with E-state index in [1.54, 1.807) is 4.90 Å². The summed E-state index contributed by atoms with van der Waals surface area (Å²) < 4.78 is 5.15. The van der Waals surface area contributed by atoms with Crippen molar-refractivity contribution in [3.8, 4) is 0 Å². The van der Waals surface area contributed by atoms with Crippen LogP contribution in [0.2, 0.25) is 10.3 Å². The Morgan fingerprint density at radius 2 is 1.88 bits per heavy atom. The first kappa shape index (κ1) is 24.8. The molecule has 2 N–H and O–H groups in total. The SMILES string of the molecule is O=C(NCCCC(=O)N1CCC[C@@H]1CNC(=O)c1ccc(Cl)nc1Cl)OCc1ccccc1. The Hall–Kier alpha value is -2.84. The molecular weight excluding hydrogens is 467 g/mol. The van der Waals surface area contributed by atoms with Crippen LogP contribution in [0.1, 0.15) is 41.6 Å². The summed E-state index contributed by atoms with van der Waals surface area (Å²) in [5.74, 6) is -0.362. The smallest absolute Gasteiger partial charge is 0.407 e. The molecule has 2 heterocycles. The number of aromatic nitrogens is 1. The number of nitrogens with zero attached hydrogens (tertiary/aromatic N) is 2. The third-order valence-electron chi connectivity index (χ3n) is 5.30. The molecule has 2 aromatic rings. The predicted octanol–water partition coefficient (Wildman–Crippen LogP) is 3.82. The molecule has 1 aliphatic heterocycles. The quantitative estimate of drug-likeness (QED) is 0.409. The Kier molecular flexibility index (Phi) is 9.33. The van der Waals surface area contributed by atoms with Crippen LogP contribution in [0.3, 0.4) is 0 Å². The lowest BCUT2D eigenvalue weighted by atomic mass is 10.2. The van der Waals surface area contributed by atoms with Gasteiger partial charge in [0.25, 0.3) is 5.91 Å². The summed E-state index contributed by atoms with van der Waals surface area (Å²) in [5, 5.41) is 5.73. The Bertz CT molecular complexity index is 974. The molecule has 1 aromatic carbocycles. The molecule has 176 valence electrons. The minimum Gasteiger partial charge on any atom is -0.445 e. The van der Waals surface area contributed by atoms with Crippen LogP contribution in [-0.4, -0.2) is 53.5 Å². The zero-order valence-corrected chi connectivity index (χ0v) is 19.6. The summed E-state index contributed by atoms with van der Waals surface area (Å²) in [6.45, 7) is 1.52. The summed E-state index contributed by atoms with van der Waals surface area (Å²) in [4.78, 5) is 42.5. The maximum Gasteiger partial charge on any atom is 0.407 e. The van der Waals surface area contributed by atoms with Gasteiger partial charge in [0, 0.05) is 32.1 Å². The van der Waals surface area contributed by atoms with Crippen LogP contribution in [0.5, 0.6) is 0 Å². The summed E-state index contributed by atoms with van der Waals surface area (Å²) >= 11 is 11.7. The molecule has 0 radical (unpaired) electrons. The molecule has 3 amide bonds. The number of benzene rings is 1. The minimum absolute atomic E-state index is 0.00241. The normalized spacial score (nSPS) is 15.2. The number of hydrogen-bond acceptors (Lipinski definition) is 5. The lowest BCUT2D eigenvalue weighted by Crippen LogP contribution is -2.43. The van der Waals surface area contributed by atoms with Gasteiger partial charge in [-0.2, -0.15) is 0 Å². The lowest BCUT2D eigenvalue weighted by Gasteiger charge is -2.25. The number of rotatable bonds is 9. The van der Waals surface area contributed by atoms with Gasteiger partial charge in [-0.3, -0.25) is 9.59 Å². The van der Waals surface area contributed by atoms with Crippen LogP contribution >= 0.6 is 23.2 Å². The van der Waals surface area contributed by atoms with Crippen molar-refractivity contribution in [2.75, 3.05) is 19.6 Å². The molecule has 0 aliphatic carbocycles. The fourth-order valence-electron chi connectivity index (χ4n) is 3.61. The molecule has 1 fully saturated rings. The second kappa shape index (κ2) is 12.4. The molecule has 8 nitrogen and oxygen atoms in total. The van der Waals surface area contributed by atoms with Gasteiger partial charge in [-0.05, 0) is 37.0 Å². The molecule has 0 bridgehead atoms. The van der Waals surface area contributed by atoms with E-state index in [1.165, 1.54) is 12.1 Å². The monoisotopic (exact) mass is 492 g/mol. The van der Waals surface area contributed by atoms with Crippen molar-refractivity contribution in [1.82, 2.24) is 20.5 Å². The van der Waals surface area contributed by atoms with Crippen molar-refractivity contribution < 1.29 is 19.1 Å². The first-order chi connectivity index (χ1) is 15.9. The maximum atomic E-state index is 12.6. The van der Waals surface area contributed by atoms with Crippen LogP contribution in [0.25, 0.3) is 0 Å². The number of carbonyl (C=O) groups excluding carboxylic acids is 3. The van der Waals surface area contributed by atoms with E-state index in [9.17, 15) is 14.4 Å². The molecule has 1 aliphatic rings. The zero-order chi connectivity index (χ0) is 23.6. The highest BCUT2D eigenvalue weighted by molar-refractivity contribution is 6.34. The van der Waals surface area contributed by atoms with Gasteiger partial charge in [-0.25, -0.2) is 9.78 Å². The molecule has 0 saturated carbocycles. The van der Waals surface area contributed by atoms with Gasteiger partial charge in [-0.1, -0.05) is 53.5 Å². The predicted molar refractivity (Wildman–Crippen MR) is 125 cm³/mol. The third-order valence-corrected chi connectivity index (χ3v) is 5.80. The summed E-state index contributed by atoms with van der Waals surface area (Å²) in [6.07, 6.45) is 1.97. The van der Waals surface area contributed by atoms with Crippen LogP contribution in [-0.2, 0) is 16.1 Å². The van der Waals surface area contributed by atoms with Crippen LogP contribution in [0.15, 0.2) is 42.5 Å². The van der Waals surface area contributed by atoms with E-state index >= 15 is 0 Å². The second-order valence-electron chi connectivity index (χ2n) is 7.66. The molecule has 0 unspecified atom stereocenters. The van der Waals surface area contributed by atoms with Crippen molar-refractivity contribution >= 4 is 41.1 Å². The number of likely N-dealkylation sites (tertiary alicyclic amines) is 1. The van der Waals surface area contributed by atoms with Crippen LogP contribution < -0.4 is 10.6 Å². The van der Waals surface area contributed by atoms with E-state index in [4.69, 9.17) is 27.9 Å². The molecule has 1 atom stereocenters. The number of alkyl carbamates (subject to hydrolysis) is 1. The van der Waals surface area contributed by atoms with Crippen molar-refractivity contribution in [3.63, 3.8) is 0 Å². The van der Waals surface area contributed by atoms with Gasteiger partial charge >= 0.3 is 6.09 Å². The largest absolute Gasteiger partial charge is 0.445 e. The molecule has 1 saturated heterocycles. The Morgan fingerprint density at radius 1 is 1.09 bits per heavy atom. The molecular formula is C23H26Cl2N4O4. The maximum absolute atomic E-state index is 12.6. The highest BCUT2D eigenvalue weighted by Gasteiger charge is 2.28. The summed E-state index contributed by atoms with van der Waals surface area (Å²) in [6, 6.07) is 12.3. The standard InChI is InChI=1S/C23H26Cl2N4O4/c24-19-11-10-18(21(25)28-19)22(31)27-14-17-8-5-13-29(17)20(30)9-4-12-26-23(32)33-15-16-6-2-1-3-7-16/h1-3,6-7,10-11,17H,4-5,8-9,12-15H2,(H,26,32)(H,27,31)/t17-/m1/s1. The van der Waals surface area contributed by atoms with Crippen molar-refractivity contribution in [3.05, 3.63) is 63.9 Å². The number of pyridine rings is 1. The minimum atomic E-state index is -0.511. The Balaban J connectivity index is 1.36. The summed E-state index contributed by atoms with van der Waals surface area (Å²) in [7, 11) is 0. The fourth-order valence-corrected chi connectivity index (χ4v) is 4.04. The molecule has 33 heavy (non-hydrogen) atoms. The highest BCUT2D eigenvalue weighted by Crippen LogP contribution is 2.19. The number of nitrogens with one attached hydrogen (secondary N) is 2. The number of amides is 3. The van der Waals surface area contributed by atoms with Crippen LogP contribution in [0, 0.1) is 0 Å². The van der Waals surface area contributed by atoms with Gasteiger partial charge in [0.2, 0.25) is 5.91 Å². The number of carbonyl (C=O) groups is 3. The number of ether oxygens (including phenoxy) is 1. The van der Waals surface area contributed by atoms with Crippen molar-refractivity contribution in [1.29, 1.82) is 0 Å². The first-order valence-corrected chi connectivity index (χ1v) is 11.5. The molecule has 0 spiro atoms. The first-order valence-electron chi connectivity index (χ1n) is 10.8. The Labute approximate surface area is 202 Å². The summed E-state index contributed by atoms with van der Waals surface area (Å²) in [5.41, 5.74) is 1.15. The molecule has 3 rings (SSSR count). The fraction of sp³-hybridized carbons (Fsp3) is 0.391. The molecule has 1 aromatic heterocycles. The second-order valence-corrected chi connectivity index (χ2v) is 8.40. The third kappa shape index (κ3) is 7.61. The van der Waals surface area contributed by atoms with Crippen LogP contribution in [0.4, 0.5) is 4.79 Å². The van der Waals surface area contributed by atoms with Gasteiger partial charge < -0.3 is 20.3 Å². The van der Waals surface area contributed by atoms with Gasteiger partial charge in [0.05, 0.1) is 5.56 Å². The van der Waals surface area contributed by atoms with E-state index < -0.39 is 6.09 Å². The van der Waals surface area contributed by atoms with Crippen molar-refractivity contribution in [2.45, 2.75) is 38.3 Å². The number of halogens is 2. The van der Waals surface area contributed by atoms with E-state index in [1.807, 2.05) is 30.3 Å². The van der Waals surface area contributed by atoms with Gasteiger partial charge in [0.1, 0.15) is 16.9 Å². The molecule has 10 heteroatoms. The lowest BCUT2D eigenvalue weighted by molar-refractivity contribution is -0.132. The highest BCUT2D eigenvalue weighted by atomic mass is 35.5. The zero-order valence-electron chi connectivity index (χ0n) is 18.1. The van der Waals surface area contributed by atoms with E-state index in [0.717, 1.165) is 18.4 Å². The van der Waals surface area contributed by atoms with E-state index in [0.29, 0.717) is 32.5 Å². The van der Waals surface area contributed by atoms with Gasteiger partial charge in [-0.15, -0.1) is 0 Å².